The molecule has 0 N–H and O–H groups in total. The van der Waals surface area contributed by atoms with Gasteiger partial charge in [0.05, 0.1) is 0 Å². The first-order valence-corrected chi connectivity index (χ1v) is 12.8. The van der Waals surface area contributed by atoms with Crippen LogP contribution in [0.1, 0.15) is 86.0 Å². The Morgan fingerprint density at radius 1 is 0.967 bits per heavy atom. The predicted molar refractivity (Wildman–Crippen MR) is 117 cm³/mol. The van der Waals surface area contributed by atoms with Gasteiger partial charge in [0.1, 0.15) is 5.78 Å². The second-order valence-corrected chi connectivity index (χ2v) is 13.7. The zero-order valence-corrected chi connectivity index (χ0v) is 19.5. The number of allylic oxidation sites excluding steroid dienone is 1. The third-order valence-corrected chi connectivity index (χ3v) is 13.2. The number of hydrogen-bond donors (Lipinski definition) is 0. The molecule has 0 aromatic carbocycles. The van der Waals surface area contributed by atoms with Crippen molar-refractivity contribution >= 4 is 11.6 Å². The standard InChI is InChI=1S/C28H38O2/c1-15(29)18-8-9-19-17-7-6-16-12-23(30)24(2,3)28(21-13-27(21)14-22(27)28)26(16,5)20(17)10-11-25(18,19)4/h12,17-22H,6-11,13-14H2,1-5H3/t17-,18+,19-,20-,21?,22?,25+,26-,27?,28?/m0/s1. The fourth-order valence-corrected chi connectivity index (χ4v) is 12.1. The quantitative estimate of drug-likeness (QED) is 0.535. The number of ketones is 2. The molecule has 0 radical (unpaired) electrons. The highest BCUT2D eigenvalue weighted by atomic mass is 16.1. The molecule has 6 fully saturated rings. The van der Waals surface area contributed by atoms with Crippen LogP contribution < -0.4 is 0 Å². The largest absolute Gasteiger partial charge is 0.300 e. The summed E-state index contributed by atoms with van der Waals surface area (Å²) in [6, 6.07) is 0. The van der Waals surface area contributed by atoms with Gasteiger partial charge in [0.2, 0.25) is 0 Å². The zero-order valence-electron chi connectivity index (χ0n) is 19.5. The molecule has 30 heavy (non-hydrogen) atoms. The van der Waals surface area contributed by atoms with Crippen LogP contribution in [0, 0.1) is 62.6 Å². The van der Waals surface area contributed by atoms with E-state index in [9.17, 15) is 9.59 Å². The van der Waals surface area contributed by atoms with Gasteiger partial charge in [-0.3, -0.25) is 9.59 Å². The molecular formula is C28H38O2. The molecule has 2 nitrogen and oxygen atoms in total. The molecule has 2 unspecified atom stereocenters. The van der Waals surface area contributed by atoms with Gasteiger partial charge in [-0.1, -0.05) is 33.3 Å². The highest BCUT2D eigenvalue weighted by molar-refractivity contribution is 5.98. The Kier molecular flexibility index (Phi) is 3.02. The molecule has 0 aliphatic heterocycles. The minimum Gasteiger partial charge on any atom is -0.300 e. The van der Waals surface area contributed by atoms with Crippen LogP contribution in [0.4, 0.5) is 0 Å². The molecule has 0 aromatic rings. The Hall–Kier alpha value is -0.920. The summed E-state index contributed by atoms with van der Waals surface area (Å²) in [5.41, 5.74) is 2.64. The molecule has 0 heterocycles. The summed E-state index contributed by atoms with van der Waals surface area (Å²) in [5, 5.41) is 0. The number of hydrogen-bond acceptors (Lipinski definition) is 2. The summed E-state index contributed by atoms with van der Waals surface area (Å²) >= 11 is 0. The summed E-state index contributed by atoms with van der Waals surface area (Å²) < 4.78 is 0. The van der Waals surface area contributed by atoms with Crippen molar-refractivity contribution in [1.29, 1.82) is 0 Å². The molecule has 7 aliphatic rings. The van der Waals surface area contributed by atoms with E-state index in [1.807, 2.05) is 6.92 Å². The first kappa shape index (κ1) is 18.6. The van der Waals surface area contributed by atoms with Crippen LogP contribution >= 0.6 is 0 Å². The van der Waals surface area contributed by atoms with Crippen molar-refractivity contribution < 1.29 is 9.59 Å². The maximum Gasteiger partial charge on any atom is 0.161 e. The van der Waals surface area contributed by atoms with Crippen molar-refractivity contribution in [2.24, 2.45) is 62.6 Å². The highest BCUT2D eigenvalue weighted by Crippen LogP contribution is 3.01. The Labute approximate surface area is 181 Å². The molecule has 8 atom stereocenters. The Bertz CT molecular complexity index is 922. The fraction of sp³-hybridized carbons (Fsp3) is 0.857. The SMILES string of the molecule is CC(=O)[C@H]1CC[C@H]2[C@@H]3CCC4=CC(=O)C(C)(C)C5(C6CC67CC75)[C@]4(C)[C@H]3CC[C@]12C. The minimum atomic E-state index is -0.211. The average Bonchev–Trinajstić information content (AvgIpc) is 3.46. The van der Waals surface area contributed by atoms with E-state index in [0.29, 0.717) is 28.8 Å². The second kappa shape index (κ2) is 4.86. The van der Waals surface area contributed by atoms with E-state index < -0.39 is 0 Å². The first-order chi connectivity index (χ1) is 14.1. The number of fused-ring (bicyclic) bond motifs is 8. The van der Waals surface area contributed by atoms with Crippen molar-refractivity contribution in [2.75, 3.05) is 0 Å². The molecule has 7 rings (SSSR count). The lowest BCUT2D eigenvalue weighted by Gasteiger charge is -2.71. The number of carbonyl (C=O) groups excluding carboxylic acids is 2. The van der Waals surface area contributed by atoms with Gasteiger partial charge in [-0.2, -0.15) is 0 Å². The maximum atomic E-state index is 13.4. The van der Waals surface area contributed by atoms with Crippen LogP contribution in [-0.4, -0.2) is 11.6 Å². The first-order valence-electron chi connectivity index (χ1n) is 12.8. The van der Waals surface area contributed by atoms with Gasteiger partial charge in [0.25, 0.3) is 0 Å². The lowest BCUT2D eigenvalue weighted by molar-refractivity contribution is -0.198. The zero-order chi connectivity index (χ0) is 21.1. The summed E-state index contributed by atoms with van der Waals surface area (Å²) in [7, 11) is 0. The molecule has 2 heteroatoms. The van der Waals surface area contributed by atoms with E-state index in [1.54, 1.807) is 0 Å². The lowest BCUT2D eigenvalue weighted by atomic mass is 9.32. The normalized spacial score (nSPS) is 61.0. The van der Waals surface area contributed by atoms with Crippen molar-refractivity contribution in [1.82, 2.24) is 0 Å². The van der Waals surface area contributed by atoms with Crippen LogP contribution in [0.25, 0.3) is 0 Å². The predicted octanol–water partition coefficient (Wildman–Crippen LogP) is 6.00. The Morgan fingerprint density at radius 3 is 2.30 bits per heavy atom. The number of rotatable bonds is 1. The van der Waals surface area contributed by atoms with Crippen molar-refractivity contribution in [3.63, 3.8) is 0 Å². The van der Waals surface area contributed by atoms with Crippen LogP contribution in [0.2, 0.25) is 0 Å². The topological polar surface area (TPSA) is 34.1 Å². The van der Waals surface area contributed by atoms with Gasteiger partial charge < -0.3 is 0 Å². The van der Waals surface area contributed by atoms with E-state index >= 15 is 0 Å². The molecule has 0 saturated heterocycles. The van der Waals surface area contributed by atoms with Crippen molar-refractivity contribution in [3.8, 4) is 0 Å². The molecule has 2 spiro atoms. The molecule has 162 valence electrons. The monoisotopic (exact) mass is 406 g/mol. The molecule has 0 aromatic heterocycles. The molecular weight excluding hydrogens is 368 g/mol. The lowest BCUT2D eigenvalue weighted by Crippen LogP contribution is -2.68. The smallest absolute Gasteiger partial charge is 0.161 e. The highest BCUT2D eigenvalue weighted by Gasteiger charge is 2.97. The number of Topliss-reactive ketones (excluding diaryl/α,β-unsaturated/α-hetero) is 1. The summed E-state index contributed by atoms with van der Waals surface area (Å²) in [4.78, 5) is 25.9. The van der Waals surface area contributed by atoms with Gasteiger partial charge >= 0.3 is 0 Å². The van der Waals surface area contributed by atoms with Gasteiger partial charge in [0.15, 0.2) is 5.78 Å². The van der Waals surface area contributed by atoms with Crippen LogP contribution in [0.5, 0.6) is 0 Å². The second-order valence-electron chi connectivity index (χ2n) is 13.7. The maximum absolute atomic E-state index is 13.4. The minimum absolute atomic E-state index is 0.203. The Balaban J connectivity index is 1.36. The Morgan fingerprint density at radius 2 is 1.67 bits per heavy atom. The summed E-state index contributed by atoms with van der Waals surface area (Å²) in [5.74, 6) is 4.95. The molecule has 6 saturated carbocycles. The van der Waals surface area contributed by atoms with Crippen LogP contribution in [-0.2, 0) is 9.59 Å². The molecule has 0 amide bonds. The third kappa shape index (κ3) is 1.55. The van der Waals surface area contributed by atoms with E-state index in [4.69, 9.17) is 0 Å². The van der Waals surface area contributed by atoms with Gasteiger partial charge in [0, 0.05) is 11.3 Å². The van der Waals surface area contributed by atoms with Gasteiger partial charge in [-0.25, -0.2) is 0 Å². The molecule has 7 aliphatic carbocycles. The van der Waals surface area contributed by atoms with E-state index in [1.165, 1.54) is 44.1 Å². The van der Waals surface area contributed by atoms with Crippen LogP contribution in [0.15, 0.2) is 11.6 Å². The van der Waals surface area contributed by atoms with Crippen molar-refractivity contribution in [3.05, 3.63) is 11.6 Å². The van der Waals surface area contributed by atoms with E-state index in [0.717, 1.165) is 30.6 Å². The summed E-state index contributed by atoms with van der Waals surface area (Å²) in [6.45, 7) is 11.6. The van der Waals surface area contributed by atoms with Gasteiger partial charge in [-0.15, -0.1) is 0 Å². The van der Waals surface area contributed by atoms with Gasteiger partial charge in [-0.05, 0) is 116 Å². The summed E-state index contributed by atoms with van der Waals surface area (Å²) in [6.07, 6.45) is 12.2. The fourth-order valence-electron chi connectivity index (χ4n) is 12.1. The van der Waals surface area contributed by atoms with E-state index in [-0.39, 0.29) is 27.6 Å². The number of carbonyl (C=O) groups is 2. The third-order valence-electron chi connectivity index (χ3n) is 13.2. The van der Waals surface area contributed by atoms with E-state index in [2.05, 4.69) is 33.8 Å². The molecule has 0 bridgehead atoms. The van der Waals surface area contributed by atoms with Crippen molar-refractivity contribution in [2.45, 2.75) is 86.0 Å². The van der Waals surface area contributed by atoms with Crippen LogP contribution in [0.3, 0.4) is 0 Å². The average molecular weight is 407 g/mol.